The number of carbonyl (C=O) groups is 2. The largest absolute Gasteiger partial charge is 0.370 e. The Kier molecular flexibility index (Phi) is 4.75. The van der Waals surface area contributed by atoms with Crippen molar-refractivity contribution in [1.82, 2.24) is 10.3 Å². The van der Waals surface area contributed by atoms with E-state index in [2.05, 4.69) is 10.3 Å². The van der Waals surface area contributed by atoms with E-state index in [0.717, 1.165) is 10.9 Å². The number of nitrogens with zero attached hydrogens (tertiary/aromatic N) is 1. The Bertz CT molecular complexity index is 701. The normalized spacial score (nSPS) is 10.6. The van der Waals surface area contributed by atoms with Gasteiger partial charge in [0.05, 0.1) is 16.8 Å². The minimum atomic E-state index is -0.373. The van der Waals surface area contributed by atoms with Gasteiger partial charge in [0.1, 0.15) is 0 Å². The van der Waals surface area contributed by atoms with Crippen molar-refractivity contribution in [2.75, 3.05) is 6.54 Å². The van der Waals surface area contributed by atoms with E-state index in [1.807, 2.05) is 6.07 Å². The first-order chi connectivity index (χ1) is 9.97. The van der Waals surface area contributed by atoms with Crippen LogP contribution in [0.4, 0.5) is 0 Å². The van der Waals surface area contributed by atoms with E-state index in [0.29, 0.717) is 29.2 Å². The molecule has 0 aliphatic carbocycles. The van der Waals surface area contributed by atoms with Gasteiger partial charge in [-0.1, -0.05) is 11.6 Å². The SMILES string of the molecule is Cc1nc2ccc(Cl)cc2cc1C(=O)NCCCC(N)=O. The maximum Gasteiger partial charge on any atom is 0.253 e. The number of hydrogen-bond donors (Lipinski definition) is 2. The fraction of sp³-hybridized carbons (Fsp3) is 0.267. The highest BCUT2D eigenvalue weighted by Crippen LogP contribution is 2.20. The molecule has 0 spiro atoms. The van der Waals surface area contributed by atoms with E-state index < -0.39 is 0 Å². The topological polar surface area (TPSA) is 85.1 Å². The summed E-state index contributed by atoms with van der Waals surface area (Å²) in [6.45, 7) is 2.18. The number of halogens is 1. The van der Waals surface area contributed by atoms with Gasteiger partial charge in [0, 0.05) is 23.4 Å². The zero-order chi connectivity index (χ0) is 15.4. The Balaban J connectivity index is 2.14. The molecule has 21 heavy (non-hydrogen) atoms. The summed E-state index contributed by atoms with van der Waals surface area (Å²) in [5.41, 5.74) is 6.99. The number of benzene rings is 1. The molecule has 0 bridgehead atoms. The second kappa shape index (κ2) is 6.54. The quantitative estimate of drug-likeness (QED) is 0.830. The van der Waals surface area contributed by atoms with Gasteiger partial charge in [-0.2, -0.15) is 0 Å². The number of carbonyl (C=O) groups excluding carboxylic acids is 2. The van der Waals surface area contributed by atoms with Gasteiger partial charge in [-0.3, -0.25) is 14.6 Å². The first-order valence-electron chi connectivity index (χ1n) is 6.61. The minimum absolute atomic E-state index is 0.216. The zero-order valence-electron chi connectivity index (χ0n) is 11.6. The molecule has 0 aliphatic heterocycles. The Hall–Kier alpha value is -2.14. The highest BCUT2D eigenvalue weighted by atomic mass is 35.5. The number of nitrogens with two attached hydrogens (primary N) is 1. The van der Waals surface area contributed by atoms with E-state index in [1.54, 1.807) is 25.1 Å². The summed E-state index contributed by atoms with van der Waals surface area (Å²) in [4.78, 5) is 27.2. The van der Waals surface area contributed by atoms with Crippen LogP contribution >= 0.6 is 11.6 Å². The van der Waals surface area contributed by atoms with Gasteiger partial charge < -0.3 is 11.1 Å². The van der Waals surface area contributed by atoms with E-state index in [1.165, 1.54) is 0 Å². The average Bonchev–Trinajstić information content (AvgIpc) is 2.43. The van der Waals surface area contributed by atoms with Crippen molar-refractivity contribution in [2.24, 2.45) is 5.73 Å². The minimum Gasteiger partial charge on any atom is -0.370 e. The molecule has 2 aromatic rings. The van der Waals surface area contributed by atoms with Crippen molar-refractivity contribution in [1.29, 1.82) is 0 Å². The number of aryl methyl sites for hydroxylation is 1. The molecule has 6 heteroatoms. The predicted molar refractivity (Wildman–Crippen MR) is 82.3 cm³/mol. The monoisotopic (exact) mass is 305 g/mol. The van der Waals surface area contributed by atoms with Gasteiger partial charge >= 0.3 is 0 Å². The third-order valence-corrected chi connectivity index (χ3v) is 3.33. The molecule has 2 amide bonds. The van der Waals surface area contributed by atoms with Gasteiger partial charge in [0.25, 0.3) is 5.91 Å². The van der Waals surface area contributed by atoms with Gasteiger partial charge in [-0.15, -0.1) is 0 Å². The van der Waals surface area contributed by atoms with Crippen LogP contribution in [0, 0.1) is 6.92 Å². The van der Waals surface area contributed by atoms with Crippen LogP contribution in [0.1, 0.15) is 28.9 Å². The van der Waals surface area contributed by atoms with Crippen LogP contribution in [0.2, 0.25) is 5.02 Å². The van der Waals surface area contributed by atoms with E-state index in [4.69, 9.17) is 17.3 Å². The third-order valence-electron chi connectivity index (χ3n) is 3.10. The van der Waals surface area contributed by atoms with Gasteiger partial charge in [0.15, 0.2) is 0 Å². The number of primary amides is 1. The molecule has 0 saturated heterocycles. The third kappa shape index (κ3) is 3.92. The molecule has 0 aliphatic rings. The number of rotatable bonds is 5. The Labute approximate surface area is 127 Å². The molecule has 1 heterocycles. The Morgan fingerprint density at radius 3 is 2.81 bits per heavy atom. The summed E-state index contributed by atoms with van der Waals surface area (Å²) in [6, 6.07) is 7.12. The second-order valence-corrected chi connectivity index (χ2v) is 5.22. The van der Waals surface area contributed by atoms with Crippen LogP contribution in [0.5, 0.6) is 0 Å². The average molecular weight is 306 g/mol. The van der Waals surface area contributed by atoms with Crippen LogP contribution in [-0.2, 0) is 4.79 Å². The lowest BCUT2D eigenvalue weighted by Gasteiger charge is -2.08. The Morgan fingerprint density at radius 2 is 2.10 bits per heavy atom. The molecule has 0 atom stereocenters. The lowest BCUT2D eigenvalue weighted by molar-refractivity contribution is -0.118. The van der Waals surface area contributed by atoms with Gasteiger partial charge in [0.2, 0.25) is 5.91 Å². The molecule has 1 aromatic heterocycles. The highest BCUT2D eigenvalue weighted by Gasteiger charge is 2.11. The van der Waals surface area contributed by atoms with Crippen molar-refractivity contribution in [3.63, 3.8) is 0 Å². The molecule has 0 saturated carbocycles. The molecule has 3 N–H and O–H groups in total. The van der Waals surface area contributed by atoms with Crippen molar-refractivity contribution >= 4 is 34.3 Å². The van der Waals surface area contributed by atoms with E-state index in [9.17, 15) is 9.59 Å². The van der Waals surface area contributed by atoms with E-state index in [-0.39, 0.29) is 18.2 Å². The first-order valence-corrected chi connectivity index (χ1v) is 6.98. The lowest BCUT2D eigenvalue weighted by atomic mass is 10.1. The van der Waals surface area contributed by atoms with Crippen LogP contribution < -0.4 is 11.1 Å². The Morgan fingerprint density at radius 1 is 1.33 bits per heavy atom. The van der Waals surface area contributed by atoms with Crippen LogP contribution in [0.15, 0.2) is 24.3 Å². The number of pyridine rings is 1. The summed E-state index contributed by atoms with van der Waals surface area (Å²) in [7, 11) is 0. The van der Waals surface area contributed by atoms with Crippen LogP contribution in [0.3, 0.4) is 0 Å². The smallest absolute Gasteiger partial charge is 0.253 e. The summed E-state index contributed by atoms with van der Waals surface area (Å²) in [5, 5.41) is 4.17. The molecule has 0 unspecified atom stereocenters. The number of hydrogen-bond acceptors (Lipinski definition) is 3. The predicted octanol–water partition coefficient (Wildman–Crippen LogP) is 2.19. The zero-order valence-corrected chi connectivity index (χ0v) is 12.4. The molecular formula is C15H16ClN3O2. The fourth-order valence-electron chi connectivity index (χ4n) is 2.03. The molecule has 0 fully saturated rings. The summed E-state index contributed by atoms with van der Waals surface area (Å²) in [5.74, 6) is -0.589. The molecule has 1 aromatic carbocycles. The molecule has 2 rings (SSSR count). The fourth-order valence-corrected chi connectivity index (χ4v) is 2.21. The number of nitrogens with one attached hydrogen (secondary N) is 1. The number of fused-ring (bicyclic) bond motifs is 1. The second-order valence-electron chi connectivity index (χ2n) is 4.78. The van der Waals surface area contributed by atoms with Crippen molar-refractivity contribution < 1.29 is 9.59 Å². The van der Waals surface area contributed by atoms with E-state index >= 15 is 0 Å². The molecule has 110 valence electrons. The maximum absolute atomic E-state index is 12.1. The molecule has 0 radical (unpaired) electrons. The first kappa shape index (κ1) is 15.3. The number of aromatic nitrogens is 1. The summed E-state index contributed by atoms with van der Waals surface area (Å²) < 4.78 is 0. The van der Waals surface area contributed by atoms with Gasteiger partial charge in [-0.25, -0.2) is 0 Å². The van der Waals surface area contributed by atoms with Crippen LogP contribution in [0.25, 0.3) is 10.9 Å². The van der Waals surface area contributed by atoms with Crippen molar-refractivity contribution in [2.45, 2.75) is 19.8 Å². The summed E-state index contributed by atoms with van der Waals surface area (Å²) >= 11 is 5.95. The standard InChI is InChI=1S/C15H16ClN3O2/c1-9-12(15(21)18-6-2-3-14(17)20)8-10-7-11(16)4-5-13(10)19-9/h4-5,7-8H,2-3,6H2,1H3,(H2,17,20)(H,18,21). The highest BCUT2D eigenvalue weighted by molar-refractivity contribution is 6.31. The van der Waals surface area contributed by atoms with Crippen LogP contribution in [-0.4, -0.2) is 23.3 Å². The van der Waals surface area contributed by atoms with Crippen molar-refractivity contribution in [3.8, 4) is 0 Å². The summed E-state index contributed by atoms with van der Waals surface area (Å²) in [6.07, 6.45) is 0.776. The maximum atomic E-state index is 12.1. The van der Waals surface area contributed by atoms with Gasteiger partial charge in [-0.05, 0) is 37.6 Å². The lowest BCUT2D eigenvalue weighted by Crippen LogP contribution is -2.26. The number of amides is 2. The molecule has 5 nitrogen and oxygen atoms in total. The van der Waals surface area contributed by atoms with Crippen molar-refractivity contribution in [3.05, 3.63) is 40.5 Å². The molecular weight excluding hydrogens is 290 g/mol.